The second-order valence-corrected chi connectivity index (χ2v) is 16.0. The van der Waals surface area contributed by atoms with Gasteiger partial charge in [-0.25, -0.2) is 0 Å². The van der Waals surface area contributed by atoms with Crippen LogP contribution in [-0.2, 0) is 80.4 Å². The molecule has 0 amide bonds. The van der Waals surface area contributed by atoms with E-state index in [-0.39, 0.29) is 13.2 Å². The molecule has 5 aromatic rings. The van der Waals surface area contributed by atoms with Gasteiger partial charge in [0.15, 0.2) is 18.4 Å². The number of hydrogen-bond donors (Lipinski definition) is 0. The molecule has 10 atom stereocenters. The van der Waals surface area contributed by atoms with Crippen LogP contribution in [0.3, 0.4) is 0 Å². The average Bonchev–Trinajstić information content (AvgIpc) is 3.62. The molecule has 0 aromatic heterocycles. The second kappa shape index (κ2) is 20.5. The van der Waals surface area contributed by atoms with Crippen LogP contribution in [0.2, 0.25) is 0 Å². The Kier molecular flexibility index (Phi) is 14.5. The van der Waals surface area contributed by atoms with Crippen molar-refractivity contribution in [3.8, 4) is 0 Å². The highest BCUT2D eigenvalue weighted by Gasteiger charge is 2.58. The predicted octanol–water partition coefficient (Wildman–Crippen LogP) is 8.55. The summed E-state index contributed by atoms with van der Waals surface area (Å²) in [6, 6.07) is 50.3. The Balaban J connectivity index is 1.11. The largest absolute Gasteiger partial charge is 0.374 e. The third-order valence-electron chi connectivity index (χ3n) is 11.0. The van der Waals surface area contributed by atoms with Crippen LogP contribution < -0.4 is 0 Å². The lowest BCUT2D eigenvalue weighted by Crippen LogP contribution is -2.64. The Morgan fingerprint density at radius 2 is 0.850 bits per heavy atom. The van der Waals surface area contributed by atoms with Crippen molar-refractivity contribution in [1.82, 2.24) is 0 Å². The van der Waals surface area contributed by atoms with Crippen molar-refractivity contribution in [2.24, 2.45) is 0 Å². The zero-order valence-corrected chi connectivity index (χ0v) is 34.5. The quantitative estimate of drug-likeness (QED) is 0.0857. The summed E-state index contributed by atoms with van der Waals surface area (Å²) >= 11 is 0. The summed E-state index contributed by atoms with van der Waals surface area (Å²) in [6.07, 6.45) is -6.53. The van der Waals surface area contributed by atoms with E-state index in [0.29, 0.717) is 26.4 Å². The van der Waals surface area contributed by atoms with Gasteiger partial charge in [0.2, 0.25) is 0 Å². The maximum Gasteiger partial charge on any atom is 0.187 e. The van der Waals surface area contributed by atoms with Gasteiger partial charge in [-0.05, 0) is 48.6 Å². The predicted molar refractivity (Wildman–Crippen MR) is 224 cm³/mol. The fourth-order valence-corrected chi connectivity index (χ4v) is 8.00. The molecule has 0 spiro atoms. The average molecular weight is 817 g/mol. The zero-order valence-electron chi connectivity index (χ0n) is 34.5. The molecule has 3 aliphatic heterocycles. The molecule has 316 valence electrons. The van der Waals surface area contributed by atoms with Crippen LogP contribution in [0.4, 0.5) is 0 Å². The molecule has 3 fully saturated rings. The summed E-state index contributed by atoms with van der Waals surface area (Å²) < 4.78 is 67.3. The topological polar surface area (TPSA) is 92.3 Å². The van der Waals surface area contributed by atoms with E-state index in [2.05, 4.69) is 0 Å². The minimum Gasteiger partial charge on any atom is -0.374 e. The minimum atomic E-state index is -0.956. The van der Waals surface area contributed by atoms with Crippen molar-refractivity contribution in [3.05, 3.63) is 179 Å². The summed E-state index contributed by atoms with van der Waals surface area (Å²) in [5.74, 6) is -0.916. The number of ether oxygens (including phenoxy) is 10. The molecule has 0 N–H and O–H groups in total. The first-order valence-electron chi connectivity index (χ1n) is 20.9. The Bertz CT molecular complexity index is 1990. The highest BCUT2D eigenvalue weighted by molar-refractivity contribution is 5.17. The summed E-state index contributed by atoms with van der Waals surface area (Å²) in [4.78, 5) is 0. The first-order valence-corrected chi connectivity index (χ1v) is 20.9. The van der Waals surface area contributed by atoms with Gasteiger partial charge in [-0.15, -0.1) is 0 Å². The summed E-state index contributed by atoms with van der Waals surface area (Å²) in [6.45, 7) is 7.63. The van der Waals surface area contributed by atoms with Gasteiger partial charge in [0.25, 0.3) is 0 Å². The molecule has 10 nitrogen and oxygen atoms in total. The van der Waals surface area contributed by atoms with Gasteiger partial charge in [-0.1, -0.05) is 152 Å². The van der Waals surface area contributed by atoms with E-state index in [1.165, 1.54) is 0 Å². The summed E-state index contributed by atoms with van der Waals surface area (Å²) in [5.41, 5.74) is 5.11. The van der Waals surface area contributed by atoms with Gasteiger partial charge >= 0.3 is 0 Å². The molecule has 3 saturated heterocycles. The van der Waals surface area contributed by atoms with Crippen molar-refractivity contribution >= 4 is 0 Å². The van der Waals surface area contributed by atoms with Crippen LogP contribution in [0.15, 0.2) is 152 Å². The lowest BCUT2D eigenvalue weighted by Gasteiger charge is -2.48. The van der Waals surface area contributed by atoms with Crippen LogP contribution in [-0.4, -0.2) is 73.8 Å². The molecule has 3 heterocycles. The maximum absolute atomic E-state index is 7.13. The van der Waals surface area contributed by atoms with E-state index in [1.807, 2.05) is 172 Å². The Labute approximate surface area is 353 Å². The molecule has 0 bridgehead atoms. The van der Waals surface area contributed by atoms with Crippen molar-refractivity contribution in [2.75, 3.05) is 6.61 Å². The van der Waals surface area contributed by atoms with Gasteiger partial charge in [0.1, 0.15) is 42.7 Å². The van der Waals surface area contributed by atoms with Crippen molar-refractivity contribution in [3.63, 3.8) is 0 Å². The third-order valence-corrected chi connectivity index (χ3v) is 11.0. The molecular weight excluding hydrogens is 761 g/mol. The standard InChI is InChI=1S/C50H56O10/c1-35-42(45-47(60-50(2,3)59-45)48(56-35)55-33-40-27-17-8-18-28-40)58-49-46(54-32-39-25-15-7-16-26-39)44(53-31-38-23-13-6-14-24-38)43(52-30-37-21-11-5-12-22-37)41(57-49)34-51-29-36-19-9-4-10-20-36/h4-28,35,41-49H,29-34H2,1-3H3/t35-,41+,42-,43+,44-,45+,46-,47+,48+,49+/m0/s1. The monoisotopic (exact) mass is 816 g/mol. The summed E-state index contributed by atoms with van der Waals surface area (Å²) in [5, 5.41) is 0. The highest BCUT2D eigenvalue weighted by atomic mass is 16.8. The van der Waals surface area contributed by atoms with E-state index in [0.717, 1.165) is 27.8 Å². The number of fused-ring (bicyclic) bond motifs is 1. The van der Waals surface area contributed by atoms with Crippen LogP contribution in [0.25, 0.3) is 0 Å². The molecule has 0 saturated carbocycles. The van der Waals surface area contributed by atoms with Crippen LogP contribution in [0.1, 0.15) is 48.6 Å². The van der Waals surface area contributed by atoms with E-state index in [9.17, 15) is 0 Å². The van der Waals surface area contributed by atoms with Crippen LogP contribution in [0, 0.1) is 0 Å². The lowest BCUT2D eigenvalue weighted by atomic mass is 9.96. The van der Waals surface area contributed by atoms with Gasteiger partial charge in [-0.2, -0.15) is 0 Å². The number of hydrogen-bond acceptors (Lipinski definition) is 10. The van der Waals surface area contributed by atoms with Crippen molar-refractivity contribution in [1.29, 1.82) is 0 Å². The summed E-state index contributed by atoms with van der Waals surface area (Å²) in [7, 11) is 0. The Hall–Kier alpha value is -4.30. The van der Waals surface area contributed by atoms with E-state index in [1.54, 1.807) is 0 Å². The van der Waals surface area contributed by atoms with E-state index in [4.69, 9.17) is 47.4 Å². The fourth-order valence-electron chi connectivity index (χ4n) is 8.00. The van der Waals surface area contributed by atoms with E-state index < -0.39 is 67.2 Å². The first kappa shape index (κ1) is 42.4. The Morgan fingerprint density at radius 3 is 1.35 bits per heavy atom. The van der Waals surface area contributed by atoms with Crippen molar-refractivity contribution < 1.29 is 47.4 Å². The highest BCUT2D eigenvalue weighted by Crippen LogP contribution is 2.41. The minimum absolute atomic E-state index is 0.204. The molecule has 3 aliphatic rings. The number of rotatable bonds is 18. The Morgan fingerprint density at radius 1 is 0.433 bits per heavy atom. The SMILES string of the molecule is C[C@@H]1O[C@@H](OCc2ccccc2)[C@@H]2OC(C)(C)O[C@@H]2[C@H]1O[C@H]1O[C@H](COCc2ccccc2)[C@@H](OCc2ccccc2)[C@H](OCc2ccccc2)[C@@H]1OCc1ccccc1. The molecule has 0 aliphatic carbocycles. The van der Waals surface area contributed by atoms with Gasteiger partial charge in [0, 0.05) is 0 Å². The lowest BCUT2D eigenvalue weighted by molar-refractivity contribution is -0.361. The molecule has 0 unspecified atom stereocenters. The normalized spacial score (nSPS) is 28.6. The zero-order chi connectivity index (χ0) is 41.2. The third kappa shape index (κ3) is 11.1. The number of benzene rings is 5. The molecule has 8 rings (SSSR count). The molecule has 10 heteroatoms. The van der Waals surface area contributed by atoms with Crippen LogP contribution in [0.5, 0.6) is 0 Å². The van der Waals surface area contributed by atoms with Crippen LogP contribution >= 0.6 is 0 Å². The van der Waals surface area contributed by atoms with Gasteiger partial charge in [-0.3, -0.25) is 0 Å². The smallest absolute Gasteiger partial charge is 0.187 e. The maximum atomic E-state index is 7.13. The first-order chi connectivity index (χ1) is 29.4. The molecule has 60 heavy (non-hydrogen) atoms. The molecular formula is C50H56O10. The van der Waals surface area contributed by atoms with E-state index >= 15 is 0 Å². The molecule has 0 radical (unpaired) electrons. The van der Waals surface area contributed by atoms with Gasteiger partial charge < -0.3 is 47.4 Å². The second-order valence-electron chi connectivity index (χ2n) is 16.0. The fraction of sp³-hybridized carbons (Fsp3) is 0.400. The van der Waals surface area contributed by atoms with Crippen molar-refractivity contribution in [2.45, 2.75) is 121 Å². The molecule has 5 aromatic carbocycles. The van der Waals surface area contributed by atoms with Gasteiger partial charge in [0.05, 0.1) is 45.7 Å².